The van der Waals surface area contributed by atoms with Crippen molar-refractivity contribution >= 4 is 17.7 Å². The van der Waals surface area contributed by atoms with E-state index in [1.165, 1.54) is 6.07 Å². The average molecular weight is 371 g/mol. The highest BCUT2D eigenvalue weighted by Crippen LogP contribution is 2.29. The zero-order valence-electron chi connectivity index (χ0n) is 14.8. The molecule has 2 unspecified atom stereocenters. The van der Waals surface area contributed by atoms with E-state index in [9.17, 15) is 9.18 Å². The highest BCUT2D eigenvalue weighted by molar-refractivity contribution is 6.30. The Kier molecular flexibility index (Phi) is 5.23. The fraction of sp³-hybridized carbons (Fsp3) is 0.611. The van der Waals surface area contributed by atoms with Crippen molar-refractivity contribution in [1.82, 2.24) is 9.80 Å². The maximum Gasteiger partial charge on any atom is 0.410 e. The number of hydrogen-bond acceptors (Lipinski definition) is 4. The largest absolute Gasteiger partial charge is 0.444 e. The van der Waals surface area contributed by atoms with Gasteiger partial charge in [-0.1, -0.05) is 17.7 Å². The van der Waals surface area contributed by atoms with Gasteiger partial charge in [0.05, 0.1) is 23.8 Å². The number of carbonyl (C=O) groups excluding carboxylic acids is 1. The molecule has 2 heterocycles. The predicted molar refractivity (Wildman–Crippen MR) is 93.3 cm³/mol. The van der Waals surface area contributed by atoms with Crippen molar-refractivity contribution in [3.63, 3.8) is 0 Å². The summed E-state index contributed by atoms with van der Waals surface area (Å²) in [5, 5.41) is 0.109. The molecule has 2 aliphatic heterocycles. The van der Waals surface area contributed by atoms with Crippen LogP contribution in [0, 0.1) is 5.82 Å². The lowest BCUT2D eigenvalue weighted by Crippen LogP contribution is -2.59. The van der Waals surface area contributed by atoms with Gasteiger partial charge in [-0.05, 0) is 38.5 Å². The molecule has 1 amide bonds. The lowest BCUT2D eigenvalue weighted by molar-refractivity contribution is -0.0906. The summed E-state index contributed by atoms with van der Waals surface area (Å²) in [6.07, 6.45) is -0.415. The fourth-order valence-corrected chi connectivity index (χ4v) is 3.38. The molecule has 5 nitrogen and oxygen atoms in total. The number of benzene rings is 1. The minimum Gasteiger partial charge on any atom is -0.444 e. The number of morpholine rings is 1. The van der Waals surface area contributed by atoms with E-state index >= 15 is 0 Å². The number of halogens is 2. The third-order valence-electron chi connectivity index (χ3n) is 4.46. The van der Waals surface area contributed by atoms with Crippen molar-refractivity contribution in [1.29, 1.82) is 0 Å². The lowest BCUT2D eigenvalue weighted by atomic mass is 10.0. The summed E-state index contributed by atoms with van der Waals surface area (Å²) in [6, 6.07) is 4.85. The van der Waals surface area contributed by atoms with Crippen LogP contribution in [0.25, 0.3) is 0 Å². The third-order valence-corrected chi connectivity index (χ3v) is 4.75. The van der Waals surface area contributed by atoms with Crippen molar-refractivity contribution in [3.8, 4) is 0 Å². The van der Waals surface area contributed by atoms with Crippen molar-refractivity contribution < 1.29 is 18.7 Å². The summed E-state index contributed by atoms with van der Waals surface area (Å²) in [5.41, 5.74) is 0.379. The number of hydrogen-bond donors (Lipinski definition) is 0. The molecule has 1 aromatic rings. The van der Waals surface area contributed by atoms with Crippen LogP contribution in [-0.4, -0.2) is 60.3 Å². The van der Waals surface area contributed by atoms with Gasteiger partial charge >= 0.3 is 6.09 Å². The number of carbonyl (C=O) groups is 1. The predicted octanol–water partition coefficient (Wildman–Crippen LogP) is 3.47. The first-order valence-electron chi connectivity index (χ1n) is 8.51. The molecule has 0 radical (unpaired) electrons. The molecule has 138 valence electrons. The molecule has 0 bridgehead atoms. The van der Waals surface area contributed by atoms with Gasteiger partial charge in [0.25, 0.3) is 0 Å². The fourth-order valence-electron chi connectivity index (χ4n) is 3.19. The molecule has 0 N–H and O–H groups in total. The van der Waals surface area contributed by atoms with Crippen molar-refractivity contribution in [2.75, 3.05) is 32.8 Å². The van der Waals surface area contributed by atoms with E-state index < -0.39 is 11.4 Å². The Balaban J connectivity index is 1.60. The van der Waals surface area contributed by atoms with E-state index in [0.29, 0.717) is 26.2 Å². The van der Waals surface area contributed by atoms with Crippen molar-refractivity contribution in [2.24, 2.45) is 0 Å². The molecule has 2 saturated heterocycles. The molecule has 0 aromatic heterocycles. The Morgan fingerprint density at radius 3 is 2.76 bits per heavy atom. The molecular weight excluding hydrogens is 347 g/mol. The Hall–Kier alpha value is -1.37. The maximum absolute atomic E-state index is 13.3. The first kappa shape index (κ1) is 18.4. The smallest absolute Gasteiger partial charge is 0.410 e. The second kappa shape index (κ2) is 7.09. The van der Waals surface area contributed by atoms with Crippen LogP contribution in [0.5, 0.6) is 0 Å². The first-order valence-corrected chi connectivity index (χ1v) is 8.89. The summed E-state index contributed by atoms with van der Waals surface area (Å²) in [4.78, 5) is 16.3. The van der Waals surface area contributed by atoms with Crippen molar-refractivity contribution in [2.45, 2.75) is 38.5 Å². The van der Waals surface area contributed by atoms with Crippen LogP contribution < -0.4 is 0 Å². The maximum atomic E-state index is 13.3. The van der Waals surface area contributed by atoms with Crippen LogP contribution in [0.15, 0.2) is 18.2 Å². The van der Waals surface area contributed by atoms with Gasteiger partial charge in [-0.3, -0.25) is 4.90 Å². The van der Waals surface area contributed by atoms with Crippen LogP contribution in [-0.2, 0) is 9.47 Å². The molecule has 3 rings (SSSR count). The number of piperazine rings is 1. The quantitative estimate of drug-likeness (QED) is 0.759. The van der Waals surface area contributed by atoms with Crippen LogP contribution in [0.1, 0.15) is 32.4 Å². The number of ether oxygens (including phenoxy) is 2. The molecule has 2 aliphatic rings. The van der Waals surface area contributed by atoms with Gasteiger partial charge in [-0.15, -0.1) is 0 Å². The molecular formula is C18H24ClFN2O3. The average Bonchev–Trinajstić information content (AvgIpc) is 2.55. The highest BCUT2D eigenvalue weighted by Gasteiger charge is 2.36. The third kappa shape index (κ3) is 4.43. The normalized spacial score (nSPS) is 24.8. The summed E-state index contributed by atoms with van der Waals surface area (Å²) in [5.74, 6) is -0.426. The van der Waals surface area contributed by atoms with Gasteiger partial charge in [-0.2, -0.15) is 0 Å². The number of rotatable bonds is 1. The SMILES string of the molecule is CC(C)(C)OC(=O)N1CCN2CC(c3ccc(F)c(Cl)c3)OCC2C1. The lowest BCUT2D eigenvalue weighted by Gasteiger charge is -2.46. The zero-order valence-corrected chi connectivity index (χ0v) is 15.6. The molecule has 0 aliphatic carbocycles. The minimum atomic E-state index is -0.496. The summed E-state index contributed by atoms with van der Waals surface area (Å²) < 4.78 is 24.7. The van der Waals surface area contributed by atoms with Gasteiger partial charge in [-0.25, -0.2) is 9.18 Å². The van der Waals surface area contributed by atoms with E-state index in [-0.39, 0.29) is 23.3 Å². The van der Waals surface area contributed by atoms with Gasteiger partial charge < -0.3 is 14.4 Å². The Bertz CT molecular complexity index is 650. The van der Waals surface area contributed by atoms with Gasteiger partial charge in [0.2, 0.25) is 0 Å². The molecule has 0 spiro atoms. The molecule has 2 fully saturated rings. The minimum absolute atomic E-state index is 0.109. The number of nitrogens with zero attached hydrogens (tertiary/aromatic N) is 2. The van der Waals surface area contributed by atoms with Gasteiger partial charge in [0.15, 0.2) is 0 Å². The van der Waals surface area contributed by atoms with E-state index in [1.54, 1.807) is 17.0 Å². The van der Waals surface area contributed by atoms with Gasteiger partial charge in [0.1, 0.15) is 11.4 Å². The summed E-state index contributed by atoms with van der Waals surface area (Å²) in [6.45, 7) is 8.79. The zero-order chi connectivity index (χ0) is 18.2. The van der Waals surface area contributed by atoms with E-state index in [4.69, 9.17) is 21.1 Å². The summed E-state index contributed by atoms with van der Waals surface area (Å²) >= 11 is 5.87. The number of fused-ring (bicyclic) bond motifs is 1. The van der Waals surface area contributed by atoms with Gasteiger partial charge in [0, 0.05) is 26.2 Å². The van der Waals surface area contributed by atoms with Crippen LogP contribution in [0.3, 0.4) is 0 Å². The van der Waals surface area contributed by atoms with Crippen LogP contribution in [0.4, 0.5) is 9.18 Å². The molecule has 2 atom stereocenters. The molecule has 25 heavy (non-hydrogen) atoms. The Labute approximate surface area is 152 Å². The van der Waals surface area contributed by atoms with E-state index in [2.05, 4.69) is 4.90 Å². The molecule has 1 aromatic carbocycles. The second-order valence-electron chi connectivity index (χ2n) is 7.57. The van der Waals surface area contributed by atoms with E-state index in [1.807, 2.05) is 20.8 Å². The van der Waals surface area contributed by atoms with Crippen LogP contribution >= 0.6 is 11.6 Å². The second-order valence-corrected chi connectivity index (χ2v) is 7.98. The molecule has 0 saturated carbocycles. The Morgan fingerprint density at radius 1 is 1.32 bits per heavy atom. The topological polar surface area (TPSA) is 42.0 Å². The molecule has 7 heteroatoms. The number of amides is 1. The van der Waals surface area contributed by atoms with E-state index in [0.717, 1.165) is 12.1 Å². The summed E-state index contributed by atoms with van der Waals surface area (Å²) in [7, 11) is 0. The first-order chi connectivity index (χ1) is 11.7. The monoisotopic (exact) mass is 370 g/mol. The van der Waals surface area contributed by atoms with Crippen LogP contribution in [0.2, 0.25) is 5.02 Å². The highest BCUT2D eigenvalue weighted by atomic mass is 35.5. The van der Waals surface area contributed by atoms with Crippen molar-refractivity contribution in [3.05, 3.63) is 34.6 Å². The standard InChI is InChI=1S/C18H24ClFN2O3/c1-18(2,3)25-17(23)22-7-6-21-10-16(24-11-13(21)9-22)12-4-5-15(20)14(19)8-12/h4-5,8,13,16H,6-7,9-11H2,1-3H3. The Morgan fingerprint density at radius 2 is 2.08 bits per heavy atom.